The van der Waals surface area contributed by atoms with Gasteiger partial charge in [-0.1, -0.05) is 47.1 Å². The van der Waals surface area contributed by atoms with Gasteiger partial charge in [0.25, 0.3) is 5.91 Å². The largest absolute Gasteiger partial charge is 0.491 e. The van der Waals surface area contributed by atoms with Gasteiger partial charge >= 0.3 is 0 Å². The Balaban J connectivity index is 1.72. The second kappa shape index (κ2) is 9.39. The fourth-order valence-corrected chi connectivity index (χ4v) is 2.96. The Morgan fingerprint density at radius 2 is 2.00 bits per heavy atom. The van der Waals surface area contributed by atoms with Gasteiger partial charge in [-0.15, -0.1) is 0 Å². The summed E-state index contributed by atoms with van der Waals surface area (Å²) in [6.07, 6.45) is 0. The van der Waals surface area contributed by atoms with Crippen LogP contribution in [0.1, 0.15) is 21.7 Å². The van der Waals surface area contributed by atoms with Crippen LogP contribution < -0.4 is 10.1 Å². The number of carbonyl (C=O) groups is 1. The highest BCUT2D eigenvalue weighted by atomic mass is 35.5. The Bertz CT molecular complexity index is 955. The van der Waals surface area contributed by atoms with Crippen molar-refractivity contribution in [1.82, 2.24) is 10.5 Å². The maximum atomic E-state index is 12.8. The predicted octanol–water partition coefficient (Wildman–Crippen LogP) is 4.26. The minimum absolute atomic E-state index is 0.278. The molecule has 0 aliphatic heterocycles. The van der Waals surface area contributed by atoms with Gasteiger partial charge in [0.1, 0.15) is 29.4 Å². The molecule has 1 aromatic heterocycles. The molecule has 0 fully saturated rings. The van der Waals surface area contributed by atoms with Gasteiger partial charge in [0.2, 0.25) is 0 Å². The van der Waals surface area contributed by atoms with Gasteiger partial charge in [-0.2, -0.15) is 0 Å². The Morgan fingerprint density at radius 3 is 2.79 bits per heavy atom. The second-order valence-corrected chi connectivity index (χ2v) is 6.52. The highest BCUT2D eigenvalue weighted by Crippen LogP contribution is 2.31. The molecule has 1 heterocycles. The van der Waals surface area contributed by atoms with Crippen LogP contribution in [-0.4, -0.2) is 31.4 Å². The summed E-state index contributed by atoms with van der Waals surface area (Å²) in [5, 5.41) is 7.44. The van der Waals surface area contributed by atoms with Crippen LogP contribution in [0.4, 0.5) is 0 Å². The molecule has 0 saturated carbocycles. The van der Waals surface area contributed by atoms with E-state index in [2.05, 4.69) is 10.5 Å². The molecule has 1 N–H and O–H groups in total. The number of rotatable bonds is 8. The average molecular weight is 401 g/mol. The van der Waals surface area contributed by atoms with E-state index in [4.69, 9.17) is 25.6 Å². The molecule has 0 aliphatic rings. The van der Waals surface area contributed by atoms with Crippen LogP contribution in [0.15, 0.2) is 53.1 Å². The summed E-state index contributed by atoms with van der Waals surface area (Å²) in [6.45, 7) is 3.02. The first-order valence-corrected chi connectivity index (χ1v) is 9.18. The van der Waals surface area contributed by atoms with Crippen molar-refractivity contribution >= 4 is 17.5 Å². The normalized spacial score (nSPS) is 10.7. The lowest BCUT2D eigenvalue weighted by Crippen LogP contribution is -2.23. The molecule has 0 spiro atoms. The fraction of sp³-hybridized carbons (Fsp3) is 0.238. The monoisotopic (exact) mass is 400 g/mol. The molecule has 3 aromatic rings. The Kier molecular flexibility index (Phi) is 6.68. The molecule has 28 heavy (non-hydrogen) atoms. The van der Waals surface area contributed by atoms with Crippen LogP contribution in [0, 0.1) is 6.92 Å². The number of nitrogens with one attached hydrogen (secondary N) is 1. The second-order valence-electron chi connectivity index (χ2n) is 6.11. The van der Waals surface area contributed by atoms with Crippen molar-refractivity contribution in [3.05, 3.63) is 70.4 Å². The minimum Gasteiger partial charge on any atom is -0.491 e. The molecule has 0 unspecified atom stereocenters. The first kappa shape index (κ1) is 19.9. The van der Waals surface area contributed by atoms with Crippen molar-refractivity contribution in [1.29, 1.82) is 0 Å². The summed E-state index contributed by atoms with van der Waals surface area (Å²) in [7, 11) is 1.62. The number of methoxy groups -OCH3 is 1. The lowest BCUT2D eigenvalue weighted by molar-refractivity contribution is 0.0950. The van der Waals surface area contributed by atoms with Gasteiger partial charge in [0, 0.05) is 19.2 Å². The first-order valence-electron chi connectivity index (χ1n) is 8.80. The van der Waals surface area contributed by atoms with Crippen molar-refractivity contribution in [3.63, 3.8) is 0 Å². The number of benzene rings is 2. The van der Waals surface area contributed by atoms with E-state index in [0.717, 1.165) is 11.3 Å². The average Bonchev–Trinajstić information content (AvgIpc) is 3.08. The third kappa shape index (κ3) is 4.71. The zero-order valence-electron chi connectivity index (χ0n) is 15.7. The van der Waals surface area contributed by atoms with Crippen LogP contribution in [0.25, 0.3) is 11.3 Å². The van der Waals surface area contributed by atoms with Crippen molar-refractivity contribution in [2.75, 3.05) is 20.3 Å². The van der Waals surface area contributed by atoms with E-state index >= 15 is 0 Å². The number of ether oxygens (including phenoxy) is 2. The molecule has 0 saturated heterocycles. The van der Waals surface area contributed by atoms with Crippen LogP contribution in [0.3, 0.4) is 0 Å². The molecule has 2 aromatic carbocycles. The molecule has 1 amide bonds. The lowest BCUT2D eigenvalue weighted by atomic mass is 10.1. The lowest BCUT2D eigenvalue weighted by Gasteiger charge is -2.09. The van der Waals surface area contributed by atoms with E-state index in [9.17, 15) is 4.79 Å². The van der Waals surface area contributed by atoms with E-state index in [0.29, 0.717) is 47.4 Å². The van der Waals surface area contributed by atoms with E-state index in [-0.39, 0.29) is 5.91 Å². The number of nitrogens with zero attached hydrogens (tertiary/aromatic N) is 1. The molecule has 6 nitrogen and oxygen atoms in total. The molecule has 0 aliphatic carbocycles. The third-order valence-electron chi connectivity index (χ3n) is 4.13. The number of aromatic nitrogens is 1. The number of halogens is 1. The molecule has 146 valence electrons. The van der Waals surface area contributed by atoms with Gasteiger partial charge in [-0.25, -0.2) is 0 Å². The number of hydrogen-bond donors (Lipinski definition) is 1. The van der Waals surface area contributed by atoms with Gasteiger partial charge < -0.3 is 19.3 Å². The summed E-state index contributed by atoms with van der Waals surface area (Å²) < 4.78 is 15.8. The molecule has 7 heteroatoms. The van der Waals surface area contributed by atoms with E-state index in [1.165, 1.54) is 0 Å². The minimum atomic E-state index is -0.278. The molecular formula is C21H21ClN2O4. The van der Waals surface area contributed by atoms with Gasteiger partial charge in [-0.05, 0) is 30.7 Å². The number of carbonyl (C=O) groups excluding carboxylic acids is 1. The summed E-state index contributed by atoms with van der Waals surface area (Å²) in [5.41, 5.74) is 2.37. The molecule has 0 bridgehead atoms. The Labute approximate surface area is 168 Å². The maximum absolute atomic E-state index is 12.8. The maximum Gasteiger partial charge on any atom is 0.257 e. The van der Waals surface area contributed by atoms with Crippen molar-refractivity contribution in [2.45, 2.75) is 13.5 Å². The topological polar surface area (TPSA) is 73.6 Å². The third-order valence-corrected chi connectivity index (χ3v) is 4.46. The van der Waals surface area contributed by atoms with Gasteiger partial charge in [-0.3, -0.25) is 4.79 Å². The molecule has 3 rings (SSSR count). The smallest absolute Gasteiger partial charge is 0.257 e. The van der Waals surface area contributed by atoms with Crippen LogP contribution in [-0.2, 0) is 11.3 Å². The fourth-order valence-electron chi connectivity index (χ4n) is 2.74. The highest BCUT2D eigenvalue weighted by Gasteiger charge is 2.22. The number of amides is 1. The van der Waals surface area contributed by atoms with Crippen molar-refractivity contribution in [2.24, 2.45) is 0 Å². The van der Waals surface area contributed by atoms with Gasteiger partial charge in [0.15, 0.2) is 0 Å². The Hall–Kier alpha value is -2.83. The van der Waals surface area contributed by atoms with Crippen molar-refractivity contribution in [3.8, 4) is 17.0 Å². The van der Waals surface area contributed by atoms with E-state index < -0.39 is 0 Å². The van der Waals surface area contributed by atoms with Crippen molar-refractivity contribution < 1.29 is 18.8 Å². The highest BCUT2D eigenvalue weighted by molar-refractivity contribution is 6.33. The van der Waals surface area contributed by atoms with Crippen LogP contribution in [0.5, 0.6) is 5.75 Å². The molecular weight excluding hydrogens is 380 g/mol. The summed E-state index contributed by atoms with van der Waals surface area (Å²) >= 11 is 6.25. The van der Waals surface area contributed by atoms with Crippen LogP contribution >= 0.6 is 11.6 Å². The number of aryl methyl sites for hydroxylation is 1. The van der Waals surface area contributed by atoms with E-state index in [1.54, 1.807) is 26.2 Å². The van der Waals surface area contributed by atoms with Gasteiger partial charge in [0.05, 0.1) is 11.6 Å². The molecule has 0 atom stereocenters. The predicted molar refractivity (Wildman–Crippen MR) is 107 cm³/mol. The Morgan fingerprint density at radius 1 is 1.18 bits per heavy atom. The zero-order valence-corrected chi connectivity index (χ0v) is 16.5. The van der Waals surface area contributed by atoms with Crippen LogP contribution in [0.2, 0.25) is 5.02 Å². The molecule has 0 radical (unpaired) electrons. The summed E-state index contributed by atoms with van der Waals surface area (Å²) in [5.74, 6) is 0.880. The standard InChI is InChI=1S/C21H21ClN2O4/c1-14-19(20(24-28-14)17-8-3-4-9-18(17)22)21(25)23-13-15-6-5-7-16(12-15)27-11-10-26-2/h3-9,12H,10-11,13H2,1-2H3,(H,23,25). The zero-order chi connectivity index (χ0) is 19.9. The first-order chi connectivity index (χ1) is 13.6. The summed E-state index contributed by atoms with van der Waals surface area (Å²) in [6, 6.07) is 14.7. The SMILES string of the molecule is COCCOc1cccc(CNC(=O)c2c(-c3ccccc3Cl)noc2C)c1. The van der Waals surface area contributed by atoms with E-state index in [1.807, 2.05) is 36.4 Å². The quantitative estimate of drug-likeness (QED) is 0.572. The summed E-state index contributed by atoms with van der Waals surface area (Å²) in [4.78, 5) is 12.8. The number of hydrogen-bond acceptors (Lipinski definition) is 5.